The molecule has 0 aliphatic rings. The van der Waals surface area contributed by atoms with Crippen molar-refractivity contribution in [3.8, 4) is 11.3 Å². The fraction of sp³-hybridized carbons (Fsp3) is 0.154. The van der Waals surface area contributed by atoms with E-state index < -0.39 is 0 Å². The van der Waals surface area contributed by atoms with Gasteiger partial charge in [0.05, 0.1) is 5.69 Å². The fourth-order valence-corrected chi connectivity index (χ4v) is 3.69. The zero-order valence-electron chi connectivity index (χ0n) is 18.8. The van der Waals surface area contributed by atoms with E-state index in [1.807, 2.05) is 86.0 Å². The number of anilines is 3. The Hall–Kier alpha value is -4.26. The van der Waals surface area contributed by atoms with Crippen LogP contribution in [0.4, 0.5) is 17.2 Å². The summed E-state index contributed by atoms with van der Waals surface area (Å²) in [7, 11) is 0. The Morgan fingerprint density at radius 2 is 1.55 bits per heavy atom. The normalized spacial score (nSPS) is 10.6. The van der Waals surface area contributed by atoms with E-state index in [-0.39, 0.29) is 17.9 Å². The molecule has 0 aliphatic heterocycles. The van der Waals surface area contributed by atoms with E-state index in [0.29, 0.717) is 17.3 Å². The van der Waals surface area contributed by atoms with Crippen molar-refractivity contribution in [2.45, 2.75) is 27.3 Å². The maximum Gasteiger partial charge on any atom is 0.244 e. The Kier molecular flexibility index (Phi) is 6.31. The maximum atomic E-state index is 12.6. The number of rotatable bonds is 6. The van der Waals surface area contributed by atoms with Gasteiger partial charge in [0.15, 0.2) is 5.43 Å². The minimum atomic E-state index is -0.175. The molecule has 1 amide bonds. The lowest BCUT2D eigenvalue weighted by Crippen LogP contribution is -2.23. The summed E-state index contributed by atoms with van der Waals surface area (Å²) in [5, 5.41) is 6.22. The second kappa shape index (κ2) is 9.48. The van der Waals surface area contributed by atoms with Crippen molar-refractivity contribution in [2.24, 2.45) is 0 Å². The van der Waals surface area contributed by atoms with Crippen LogP contribution in [0.15, 0.2) is 77.6 Å². The monoisotopic (exact) mass is 439 g/mol. The van der Waals surface area contributed by atoms with Crippen molar-refractivity contribution < 1.29 is 4.79 Å². The van der Waals surface area contributed by atoms with Crippen LogP contribution in [-0.4, -0.2) is 20.4 Å². The summed E-state index contributed by atoms with van der Waals surface area (Å²) >= 11 is 0. The van der Waals surface area contributed by atoms with E-state index in [2.05, 4.69) is 20.6 Å². The first-order chi connectivity index (χ1) is 15.9. The molecule has 2 aromatic carbocycles. The van der Waals surface area contributed by atoms with Crippen LogP contribution in [0, 0.1) is 20.8 Å². The lowest BCUT2D eigenvalue weighted by Gasteiger charge is -2.14. The summed E-state index contributed by atoms with van der Waals surface area (Å²) in [6.07, 6.45) is 0. The Labute approximate surface area is 192 Å². The zero-order valence-corrected chi connectivity index (χ0v) is 18.8. The Morgan fingerprint density at radius 3 is 2.27 bits per heavy atom. The van der Waals surface area contributed by atoms with Gasteiger partial charge in [-0.15, -0.1) is 0 Å². The molecule has 0 bridgehead atoms. The van der Waals surface area contributed by atoms with Crippen molar-refractivity contribution >= 4 is 23.1 Å². The van der Waals surface area contributed by atoms with E-state index >= 15 is 0 Å². The number of carbonyl (C=O) groups excluding carboxylic acids is 1. The van der Waals surface area contributed by atoms with Gasteiger partial charge in [-0.2, -0.15) is 0 Å². The third-order valence-electron chi connectivity index (χ3n) is 5.18. The first kappa shape index (κ1) is 22.0. The number of nitrogens with zero attached hydrogens (tertiary/aromatic N) is 3. The molecule has 166 valence electrons. The summed E-state index contributed by atoms with van der Waals surface area (Å²) in [6, 6.07) is 22.3. The first-order valence-corrected chi connectivity index (χ1v) is 10.6. The molecule has 33 heavy (non-hydrogen) atoms. The average molecular weight is 440 g/mol. The lowest BCUT2D eigenvalue weighted by atomic mass is 10.1. The van der Waals surface area contributed by atoms with Gasteiger partial charge in [-0.25, -0.2) is 9.97 Å². The van der Waals surface area contributed by atoms with Crippen molar-refractivity contribution in [1.29, 1.82) is 0 Å². The van der Waals surface area contributed by atoms with Gasteiger partial charge in [0.1, 0.15) is 18.2 Å². The van der Waals surface area contributed by atoms with Gasteiger partial charge < -0.3 is 15.2 Å². The Bertz CT molecular complexity index is 1340. The molecule has 4 aromatic rings. The fourth-order valence-electron chi connectivity index (χ4n) is 3.69. The Balaban J connectivity index is 1.49. The molecule has 7 heteroatoms. The minimum Gasteiger partial charge on any atom is -0.340 e. The lowest BCUT2D eigenvalue weighted by molar-refractivity contribution is -0.116. The smallest absolute Gasteiger partial charge is 0.244 e. The molecular formula is C26H25N5O2. The van der Waals surface area contributed by atoms with Gasteiger partial charge in [0.2, 0.25) is 5.91 Å². The highest BCUT2D eigenvalue weighted by atomic mass is 16.2. The van der Waals surface area contributed by atoms with Gasteiger partial charge in [-0.05, 0) is 39.0 Å². The highest BCUT2D eigenvalue weighted by Gasteiger charge is 2.09. The van der Waals surface area contributed by atoms with E-state index in [9.17, 15) is 9.59 Å². The van der Waals surface area contributed by atoms with E-state index in [1.54, 1.807) is 0 Å². The molecule has 0 spiro atoms. The molecular weight excluding hydrogens is 414 g/mol. The predicted octanol–water partition coefficient (Wildman–Crippen LogP) is 4.61. The summed E-state index contributed by atoms with van der Waals surface area (Å²) in [6.45, 7) is 5.62. The number of carbonyl (C=O) groups is 1. The van der Waals surface area contributed by atoms with E-state index in [4.69, 9.17) is 0 Å². The number of aromatic nitrogens is 3. The van der Waals surface area contributed by atoms with Gasteiger partial charge in [0, 0.05) is 46.5 Å². The molecule has 0 atom stereocenters. The molecule has 2 heterocycles. The molecule has 4 rings (SSSR count). The van der Waals surface area contributed by atoms with Crippen LogP contribution >= 0.6 is 0 Å². The van der Waals surface area contributed by atoms with Crippen molar-refractivity contribution in [3.63, 3.8) is 0 Å². The largest absolute Gasteiger partial charge is 0.340 e. The van der Waals surface area contributed by atoms with Crippen LogP contribution in [0.1, 0.15) is 17.2 Å². The standard InChI is InChI=1S/C26H25N5O2/c1-17-12-23(32)13-18(2)31(17)16-26(33)30-22-11-7-10-21(14-22)29-25-15-24(27-19(3)28-25)20-8-5-4-6-9-20/h4-15H,16H2,1-3H3,(H,30,33)(H,27,28,29). The van der Waals surface area contributed by atoms with Crippen LogP contribution in [0.25, 0.3) is 11.3 Å². The topological polar surface area (TPSA) is 88.9 Å². The third kappa shape index (κ3) is 5.51. The molecule has 0 aliphatic carbocycles. The first-order valence-electron chi connectivity index (χ1n) is 10.6. The van der Waals surface area contributed by atoms with Gasteiger partial charge in [-0.3, -0.25) is 9.59 Å². The average Bonchev–Trinajstić information content (AvgIpc) is 2.77. The van der Waals surface area contributed by atoms with Crippen LogP contribution in [-0.2, 0) is 11.3 Å². The van der Waals surface area contributed by atoms with Crippen molar-refractivity contribution in [2.75, 3.05) is 10.6 Å². The number of amides is 1. The van der Waals surface area contributed by atoms with Crippen LogP contribution in [0.5, 0.6) is 0 Å². The molecule has 7 nitrogen and oxygen atoms in total. The van der Waals surface area contributed by atoms with Gasteiger partial charge in [-0.1, -0.05) is 36.4 Å². The molecule has 0 saturated carbocycles. The number of benzene rings is 2. The van der Waals surface area contributed by atoms with Gasteiger partial charge >= 0.3 is 0 Å². The molecule has 0 saturated heterocycles. The molecule has 2 N–H and O–H groups in total. The molecule has 2 aromatic heterocycles. The Morgan fingerprint density at radius 1 is 0.848 bits per heavy atom. The van der Waals surface area contributed by atoms with E-state index in [1.165, 1.54) is 12.1 Å². The summed E-state index contributed by atoms with van der Waals surface area (Å²) in [4.78, 5) is 33.3. The summed E-state index contributed by atoms with van der Waals surface area (Å²) in [5.41, 5.74) is 4.74. The number of hydrogen-bond donors (Lipinski definition) is 2. The SMILES string of the molecule is Cc1nc(Nc2cccc(NC(=O)Cn3c(C)cc(=O)cc3C)c2)cc(-c2ccccc2)n1. The van der Waals surface area contributed by atoms with Crippen LogP contribution < -0.4 is 16.1 Å². The van der Waals surface area contributed by atoms with Crippen LogP contribution in [0.3, 0.4) is 0 Å². The maximum absolute atomic E-state index is 12.6. The molecule has 0 unspecified atom stereocenters. The second-order valence-electron chi connectivity index (χ2n) is 7.87. The highest BCUT2D eigenvalue weighted by molar-refractivity contribution is 5.91. The quantitative estimate of drug-likeness (QED) is 0.458. The number of nitrogens with one attached hydrogen (secondary N) is 2. The van der Waals surface area contributed by atoms with Gasteiger partial charge in [0.25, 0.3) is 0 Å². The summed E-state index contributed by atoms with van der Waals surface area (Å²) < 4.78 is 1.81. The zero-order chi connectivity index (χ0) is 23.4. The van der Waals surface area contributed by atoms with Crippen LogP contribution in [0.2, 0.25) is 0 Å². The summed E-state index contributed by atoms with van der Waals surface area (Å²) in [5.74, 6) is 1.16. The third-order valence-corrected chi connectivity index (χ3v) is 5.18. The predicted molar refractivity (Wildman–Crippen MR) is 131 cm³/mol. The minimum absolute atomic E-state index is 0.0594. The van der Waals surface area contributed by atoms with Crippen molar-refractivity contribution in [3.05, 3.63) is 100 Å². The number of aryl methyl sites for hydroxylation is 3. The molecule has 0 fully saturated rings. The molecule has 0 radical (unpaired) electrons. The number of pyridine rings is 1. The van der Waals surface area contributed by atoms with Crippen molar-refractivity contribution in [1.82, 2.24) is 14.5 Å². The number of hydrogen-bond acceptors (Lipinski definition) is 5. The highest BCUT2D eigenvalue weighted by Crippen LogP contribution is 2.23. The second-order valence-corrected chi connectivity index (χ2v) is 7.87. The van der Waals surface area contributed by atoms with E-state index in [0.717, 1.165) is 28.3 Å².